The fourth-order valence-electron chi connectivity index (χ4n) is 2.12. The van der Waals surface area contributed by atoms with Gasteiger partial charge in [0.05, 0.1) is 0 Å². The molecule has 1 fully saturated rings. The van der Waals surface area contributed by atoms with E-state index in [9.17, 15) is 4.79 Å². The number of carbonyl (C=O) groups excluding carboxylic acids is 1. The fourth-order valence-corrected chi connectivity index (χ4v) is 2.12. The molecule has 2 rings (SSSR count). The molecule has 3 nitrogen and oxygen atoms in total. The Balaban J connectivity index is 1.92. The van der Waals surface area contributed by atoms with Crippen LogP contribution < -0.4 is 4.74 Å². The summed E-state index contributed by atoms with van der Waals surface area (Å²) < 4.78 is 11.3. The van der Waals surface area contributed by atoms with Crippen molar-refractivity contribution in [1.82, 2.24) is 0 Å². The first kappa shape index (κ1) is 14.1. The first-order chi connectivity index (χ1) is 9.11. The standard InChI is InChI=1S/C16H22O3/c1-4-9-18-16-14(17)10-15(16)19-13-7-5-12(6-8-13)11(2)3/h5-8,11,15-16H,4,9-10H2,1-3H3. The smallest absolute Gasteiger partial charge is 0.169 e. The monoisotopic (exact) mass is 262 g/mol. The van der Waals surface area contributed by atoms with Gasteiger partial charge in [-0.3, -0.25) is 4.79 Å². The normalized spacial score (nSPS) is 22.4. The van der Waals surface area contributed by atoms with Crippen molar-refractivity contribution in [3.63, 3.8) is 0 Å². The lowest BCUT2D eigenvalue weighted by molar-refractivity contribution is -0.154. The van der Waals surface area contributed by atoms with Gasteiger partial charge in [0, 0.05) is 13.0 Å². The SMILES string of the molecule is CCCOC1C(=O)CC1Oc1ccc(C(C)C)cc1. The number of hydrogen-bond donors (Lipinski definition) is 0. The molecule has 0 bridgehead atoms. The van der Waals surface area contributed by atoms with Crippen molar-refractivity contribution in [3.05, 3.63) is 29.8 Å². The van der Waals surface area contributed by atoms with E-state index in [1.54, 1.807) is 0 Å². The van der Waals surface area contributed by atoms with Crippen LogP contribution in [0.3, 0.4) is 0 Å². The van der Waals surface area contributed by atoms with Crippen molar-refractivity contribution in [2.24, 2.45) is 0 Å². The van der Waals surface area contributed by atoms with Gasteiger partial charge in [-0.1, -0.05) is 32.9 Å². The van der Waals surface area contributed by atoms with Crippen LogP contribution in [0.15, 0.2) is 24.3 Å². The minimum atomic E-state index is -0.371. The third-order valence-electron chi connectivity index (χ3n) is 3.39. The first-order valence-electron chi connectivity index (χ1n) is 7.02. The van der Waals surface area contributed by atoms with Gasteiger partial charge in [-0.05, 0) is 30.0 Å². The van der Waals surface area contributed by atoms with Crippen molar-refractivity contribution < 1.29 is 14.3 Å². The third kappa shape index (κ3) is 3.35. The predicted molar refractivity (Wildman–Crippen MR) is 74.6 cm³/mol. The number of benzene rings is 1. The van der Waals surface area contributed by atoms with Gasteiger partial charge in [-0.25, -0.2) is 0 Å². The largest absolute Gasteiger partial charge is 0.487 e. The van der Waals surface area contributed by atoms with E-state index in [0.29, 0.717) is 18.9 Å². The number of ketones is 1. The number of Topliss-reactive ketones (excluding diaryl/α,β-unsaturated/α-hetero) is 1. The third-order valence-corrected chi connectivity index (χ3v) is 3.39. The zero-order chi connectivity index (χ0) is 13.8. The van der Waals surface area contributed by atoms with Crippen molar-refractivity contribution in [2.75, 3.05) is 6.61 Å². The van der Waals surface area contributed by atoms with E-state index < -0.39 is 0 Å². The van der Waals surface area contributed by atoms with Crippen LogP contribution in [0.2, 0.25) is 0 Å². The fraction of sp³-hybridized carbons (Fsp3) is 0.562. The molecule has 1 aromatic carbocycles. The molecule has 0 aromatic heterocycles. The Bertz CT molecular complexity index is 422. The molecule has 104 valence electrons. The van der Waals surface area contributed by atoms with Crippen molar-refractivity contribution in [2.45, 2.75) is 51.7 Å². The summed E-state index contributed by atoms with van der Waals surface area (Å²) in [4.78, 5) is 11.5. The maximum atomic E-state index is 11.5. The van der Waals surface area contributed by atoms with Crippen LogP contribution in [0, 0.1) is 0 Å². The van der Waals surface area contributed by atoms with E-state index in [2.05, 4.69) is 26.0 Å². The molecule has 0 spiro atoms. The van der Waals surface area contributed by atoms with Crippen LogP contribution in [0.1, 0.15) is 45.1 Å². The molecule has 19 heavy (non-hydrogen) atoms. The minimum absolute atomic E-state index is 0.121. The molecule has 0 N–H and O–H groups in total. The van der Waals surface area contributed by atoms with E-state index in [-0.39, 0.29) is 18.0 Å². The quantitative estimate of drug-likeness (QED) is 0.789. The summed E-state index contributed by atoms with van der Waals surface area (Å²) in [6, 6.07) is 8.08. The summed E-state index contributed by atoms with van der Waals surface area (Å²) in [5.41, 5.74) is 1.29. The van der Waals surface area contributed by atoms with Gasteiger partial charge in [-0.15, -0.1) is 0 Å². The van der Waals surface area contributed by atoms with E-state index in [4.69, 9.17) is 9.47 Å². The number of ether oxygens (including phenoxy) is 2. The molecule has 2 unspecified atom stereocenters. The van der Waals surface area contributed by atoms with Crippen molar-refractivity contribution in [3.8, 4) is 5.75 Å². The Morgan fingerprint density at radius 2 is 1.95 bits per heavy atom. The van der Waals surface area contributed by atoms with E-state index >= 15 is 0 Å². The molecule has 0 amide bonds. The lowest BCUT2D eigenvalue weighted by Crippen LogP contribution is -2.52. The maximum Gasteiger partial charge on any atom is 0.169 e. The maximum absolute atomic E-state index is 11.5. The Morgan fingerprint density at radius 1 is 1.26 bits per heavy atom. The summed E-state index contributed by atoms with van der Waals surface area (Å²) in [5.74, 6) is 1.48. The van der Waals surface area contributed by atoms with Crippen LogP contribution in [0.25, 0.3) is 0 Å². The molecule has 1 aromatic rings. The van der Waals surface area contributed by atoms with Crippen LogP contribution in [0.5, 0.6) is 5.75 Å². The van der Waals surface area contributed by atoms with Crippen molar-refractivity contribution >= 4 is 5.78 Å². The van der Waals surface area contributed by atoms with Crippen molar-refractivity contribution in [1.29, 1.82) is 0 Å². The molecule has 0 aliphatic heterocycles. The lowest BCUT2D eigenvalue weighted by Gasteiger charge is -2.34. The van der Waals surface area contributed by atoms with Crippen LogP contribution >= 0.6 is 0 Å². The average Bonchev–Trinajstić information content (AvgIpc) is 2.39. The summed E-state index contributed by atoms with van der Waals surface area (Å²) in [5, 5.41) is 0. The van der Waals surface area contributed by atoms with E-state index in [0.717, 1.165) is 12.2 Å². The van der Waals surface area contributed by atoms with Crippen LogP contribution in [-0.2, 0) is 9.53 Å². The highest BCUT2D eigenvalue weighted by molar-refractivity contribution is 5.90. The Kier molecular flexibility index (Phi) is 4.59. The summed E-state index contributed by atoms with van der Waals surface area (Å²) in [7, 11) is 0. The Hall–Kier alpha value is -1.35. The predicted octanol–water partition coefficient (Wildman–Crippen LogP) is 3.33. The highest BCUT2D eigenvalue weighted by Gasteiger charge is 2.42. The molecule has 1 saturated carbocycles. The van der Waals surface area contributed by atoms with Gasteiger partial charge in [0.1, 0.15) is 11.9 Å². The summed E-state index contributed by atoms with van der Waals surface area (Å²) in [6.45, 7) is 6.97. The van der Waals surface area contributed by atoms with E-state index in [1.165, 1.54) is 5.56 Å². The Morgan fingerprint density at radius 3 is 2.47 bits per heavy atom. The number of rotatable bonds is 6. The minimum Gasteiger partial charge on any atom is -0.487 e. The molecular weight excluding hydrogens is 240 g/mol. The zero-order valence-corrected chi connectivity index (χ0v) is 11.9. The molecule has 0 radical (unpaired) electrons. The number of carbonyl (C=O) groups is 1. The molecule has 3 heteroatoms. The summed E-state index contributed by atoms with van der Waals surface area (Å²) >= 11 is 0. The zero-order valence-electron chi connectivity index (χ0n) is 11.9. The molecule has 2 atom stereocenters. The van der Waals surface area contributed by atoms with Gasteiger partial charge < -0.3 is 9.47 Å². The van der Waals surface area contributed by atoms with Gasteiger partial charge >= 0.3 is 0 Å². The lowest BCUT2D eigenvalue weighted by atomic mass is 9.90. The second-order valence-electron chi connectivity index (χ2n) is 5.34. The van der Waals surface area contributed by atoms with Gasteiger partial charge in [0.25, 0.3) is 0 Å². The highest BCUT2D eigenvalue weighted by Crippen LogP contribution is 2.27. The molecule has 1 aliphatic carbocycles. The number of hydrogen-bond acceptors (Lipinski definition) is 3. The molecular formula is C16H22O3. The second kappa shape index (κ2) is 6.20. The van der Waals surface area contributed by atoms with Crippen LogP contribution in [0.4, 0.5) is 0 Å². The molecule has 0 heterocycles. The van der Waals surface area contributed by atoms with Gasteiger partial charge in [0.15, 0.2) is 11.9 Å². The summed E-state index contributed by atoms with van der Waals surface area (Å²) in [6.07, 6.45) is 0.883. The highest BCUT2D eigenvalue weighted by atomic mass is 16.5. The van der Waals surface area contributed by atoms with Gasteiger partial charge in [-0.2, -0.15) is 0 Å². The van der Waals surface area contributed by atoms with E-state index in [1.807, 2.05) is 19.1 Å². The first-order valence-corrected chi connectivity index (χ1v) is 7.02. The average molecular weight is 262 g/mol. The van der Waals surface area contributed by atoms with Gasteiger partial charge in [0.2, 0.25) is 0 Å². The molecule has 1 aliphatic rings. The topological polar surface area (TPSA) is 35.5 Å². The second-order valence-corrected chi connectivity index (χ2v) is 5.34. The Labute approximate surface area is 114 Å². The molecule has 0 saturated heterocycles. The van der Waals surface area contributed by atoms with Crippen LogP contribution in [-0.4, -0.2) is 24.6 Å².